The second-order valence-corrected chi connectivity index (χ2v) is 6.11. The van der Waals surface area contributed by atoms with Crippen LogP contribution < -0.4 is 10.9 Å². The molecule has 0 bridgehead atoms. The van der Waals surface area contributed by atoms with Crippen LogP contribution in [0.1, 0.15) is 26.3 Å². The van der Waals surface area contributed by atoms with E-state index in [-0.39, 0.29) is 11.0 Å². The van der Waals surface area contributed by atoms with Gasteiger partial charge in [0.1, 0.15) is 4.47 Å². The molecule has 0 unspecified atom stereocenters. The Labute approximate surface area is 120 Å². The lowest BCUT2D eigenvalue weighted by Crippen LogP contribution is -2.15. The maximum atomic E-state index is 11.5. The number of aromatic amines is 1. The molecule has 2 rings (SSSR count). The Kier molecular flexibility index (Phi) is 3.75. The van der Waals surface area contributed by atoms with Gasteiger partial charge in [0.25, 0.3) is 5.56 Å². The van der Waals surface area contributed by atoms with E-state index in [4.69, 9.17) is 0 Å². The van der Waals surface area contributed by atoms with E-state index in [1.165, 1.54) is 11.9 Å². The smallest absolute Gasteiger partial charge is 0.267 e. The molecule has 2 aromatic rings. The van der Waals surface area contributed by atoms with Crippen molar-refractivity contribution >= 4 is 27.4 Å². The lowest BCUT2D eigenvalue weighted by atomic mass is 9.86. The molecule has 19 heavy (non-hydrogen) atoms. The van der Waals surface area contributed by atoms with Crippen molar-refractivity contribution in [2.45, 2.75) is 26.2 Å². The first-order valence-corrected chi connectivity index (χ1v) is 6.78. The number of halogens is 1. The molecule has 100 valence electrons. The predicted molar refractivity (Wildman–Crippen MR) is 81.0 cm³/mol. The van der Waals surface area contributed by atoms with E-state index in [2.05, 4.69) is 58.1 Å². The highest BCUT2D eigenvalue weighted by Crippen LogP contribution is 2.31. The molecule has 0 aliphatic rings. The fourth-order valence-electron chi connectivity index (χ4n) is 1.84. The van der Waals surface area contributed by atoms with Gasteiger partial charge in [-0.2, -0.15) is 0 Å². The van der Waals surface area contributed by atoms with Gasteiger partial charge in [-0.25, -0.2) is 4.98 Å². The molecule has 0 saturated heterocycles. The summed E-state index contributed by atoms with van der Waals surface area (Å²) in [5.41, 5.74) is 1.93. The van der Waals surface area contributed by atoms with Gasteiger partial charge in [0.05, 0.1) is 6.33 Å². The molecule has 5 heteroatoms. The summed E-state index contributed by atoms with van der Waals surface area (Å²) in [6.07, 6.45) is 1.38. The van der Waals surface area contributed by atoms with E-state index < -0.39 is 0 Å². The van der Waals surface area contributed by atoms with Crippen molar-refractivity contribution in [1.82, 2.24) is 9.97 Å². The molecule has 1 aromatic heterocycles. The molecule has 1 aromatic carbocycles. The van der Waals surface area contributed by atoms with Crippen LogP contribution in [0.4, 0.5) is 11.5 Å². The van der Waals surface area contributed by atoms with Crippen LogP contribution in [0, 0.1) is 0 Å². The highest BCUT2D eigenvalue weighted by atomic mass is 79.9. The third-order valence-electron chi connectivity index (χ3n) is 2.78. The van der Waals surface area contributed by atoms with Gasteiger partial charge in [0.2, 0.25) is 0 Å². The van der Waals surface area contributed by atoms with Crippen LogP contribution in [0.25, 0.3) is 0 Å². The van der Waals surface area contributed by atoms with Crippen molar-refractivity contribution in [3.05, 3.63) is 51.0 Å². The molecule has 0 aliphatic heterocycles. The number of anilines is 2. The van der Waals surface area contributed by atoms with E-state index >= 15 is 0 Å². The standard InChI is InChI=1S/C14H16BrN3O/c1-14(2,3)9-6-4-5-7-10(9)18-12-11(15)13(19)17-8-16-12/h4-8H,1-3H3,(H2,16,17,18,19). The zero-order valence-electron chi connectivity index (χ0n) is 11.1. The summed E-state index contributed by atoms with van der Waals surface area (Å²) in [4.78, 5) is 18.2. The quantitative estimate of drug-likeness (QED) is 0.888. The van der Waals surface area contributed by atoms with E-state index in [1.54, 1.807) is 0 Å². The summed E-state index contributed by atoms with van der Waals surface area (Å²) in [6, 6.07) is 8.02. The Morgan fingerprint density at radius 1 is 1.26 bits per heavy atom. The Balaban J connectivity index is 2.45. The van der Waals surface area contributed by atoms with E-state index in [1.807, 2.05) is 18.2 Å². The second kappa shape index (κ2) is 5.17. The first-order valence-electron chi connectivity index (χ1n) is 5.99. The van der Waals surface area contributed by atoms with Gasteiger partial charge in [-0.3, -0.25) is 4.79 Å². The number of H-pyrrole nitrogens is 1. The molecule has 1 heterocycles. The molecule has 0 fully saturated rings. The average molecular weight is 322 g/mol. The zero-order valence-corrected chi connectivity index (χ0v) is 12.7. The lowest BCUT2D eigenvalue weighted by molar-refractivity contribution is 0.592. The molecule has 0 amide bonds. The SMILES string of the molecule is CC(C)(C)c1ccccc1Nc1nc[nH]c(=O)c1Br. The largest absolute Gasteiger partial charge is 0.339 e. The highest BCUT2D eigenvalue weighted by Gasteiger charge is 2.18. The topological polar surface area (TPSA) is 57.8 Å². The van der Waals surface area contributed by atoms with Gasteiger partial charge in [0.15, 0.2) is 5.82 Å². The first kappa shape index (κ1) is 13.8. The Bertz CT molecular complexity index is 644. The molecule has 2 N–H and O–H groups in total. The van der Waals surface area contributed by atoms with Crippen molar-refractivity contribution in [1.29, 1.82) is 0 Å². The van der Waals surface area contributed by atoms with Crippen LogP contribution in [0.3, 0.4) is 0 Å². The van der Waals surface area contributed by atoms with Crippen molar-refractivity contribution in [2.75, 3.05) is 5.32 Å². The zero-order chi connectivity index (χ0) is 14.0. The van der Waals surface area contributed by atoms with Crippen LogP contribution >= 0.6 is 15.9 Å². The third kappa shape index (κ3) is 3.04. The number of benzene rings is 1. The van der Waals surface area contributed by atoms with Crippen LogP contribution in [0.15, 0.2) is 39.9 Å². The van der Waals surface area contributed by atoms with Crippen molar-refractivity contribution in [2.24, 2.45) is 0 Å². The molecule has 0 atom stereocenters. The average Bonchev–Trinajstić information content (AvgIpc) is 2.34. The summed E-state index contributed by atoms with van der Waals surface area (Å²) >= 11 is 3.24. The van der Waals surface area contributed by atoms with Crippen molar-refractivity contribution < 1.29 is 0 Å². The summed E-state index contributed by atoms with van der Waals surface area (Å²) in [5.74, 6) is 0.514. The van der Waals surface area contributed by atoms with Crippen LogP contribution in [0.5, 0.6) is 0 Å². The minimum atomic E-state index is -0.203. The summed E-state index contributed by atoms with van der Waals surface area (Å²) in [7, 11) is 0. The van der Waals surface area contributed by atoms with Gasteiger partial charge < -0.3 is 10.3 Å². The molecular weight excluding hydrogens is 306 g/mol. The minimum absolute atomic E-state index is 0.0112. The van der Waals surface area contributed by atoms with Gasteiger partial charge in [0, 0.05) is 5.69 Å². The second-order valence-electron chi connectivity index (χ2n) is 5.31. The van der Waals surface area contributed by atoms with Gasteiger partial charge in [-0.1, -0.05) is 39.0 Å². The number of aromatic nitrogens is 2. The van der Waals surface area contributed by atoms with Crippen LogP contribution in [0.2, 0.25) is 0 Å². The predicted octanol–water partition coefficient (Wildman–Crippen LogP) is 3.57. The van der Waals surface area contributed by atoms with E-state index in [9.17, 15) is 4.79 Å². The van der Waals surface area contributed by atoms with Crippen molar-refractivity contribution in [3.8, 4) is 0 Å². The first-order chi connectivity index (χ1) is 8.89. The van der Waals surface area contributed by atoms with Crippen LogP contribution in [-0.4, -0.2) is 9.97 Å². The summed E-state index contributed by atoms with van der Waals surface area (Å²) in [6.45, 7) is 6.44. The Morgan fingerprint density at radius 2 is 1.95 bits per heavy atom. The summed E-state index contributed by atoms with van der Waals surface area (Å²) < 4.78 is 0.402. The fraction of sp³-hybridized carbons (Fsp3) is 0.286. The number of hydrogen-bond donors (Lipinski definition) is 2. The maximum Gasteiger partial charge on any atom is 0.267 e. The molecular formula is C14H16BrN3O. The summed E-state index contributed by atoms with van der Waals surface area (Å²) in [5, 5.41) is 3.21. The van der Waals surface area contributed by atoms with Crippen molar-refractivity contribution in [3.63, 3.8) is 0 Å². The number of rotatable bonds is 2. The van der Waals surface area contributed by atoms with Gasteiger partial charge >= 0.3 is 0 Å². The van der Waals surface area contributed by atoms with E-state index in [0.717, 1.165) is 5.69 Å². The molecule has 0 saturated carbocycles. The third-order valence-corrected chi connectivity index (χ3v) is 3.52. The van der Waals surface area contributed by atoms with Gasteiger partial charge in [-0.15, -0.1) is 0 Å². The molecule has 0 aliphatic carbocycles. The number of para-hydroxylation sites is 1. The van der Waals surface area contributed by atoms with Crippen LogP contribution in [-0.2, 0) is 5.41 Å². The van der Waals surface area contributed by atoms with E-state index in [0.29, 0.717) is 10.3 Å². The minimum Gasteiger partial charge on any atom is -0.339 e. The lowest BCUT2D eigenvalue weighted by Gasteiger charge is -2.23. The molecule has 4 nitrogen and oxygen atoms in total. The molecule has 0 radical (unpaired) electrons. The monoisotopic (exact) mass is 321 g/mol. The fourth-order valence-corrected chi connectivity index (χ4v) is 2.16. The normalized spacial score (nSPS) is 11.4. The number of nitrogens with zero attached hydrogens (tertiary/aromatic N) is 1. The molecule has 0 spiro atoms. The Morgan fingerprint density at radius 3 is 2.63 bits per heavy atom. The number of hydrogen-bond acceptors (Lipinski definition) is 3. The number of nitrogens with one attached hydrogen (secondary N) is 2. The Hall–Kier alpha value is -1.62. The van der Waals surface area contributed by atoms with Gasteiger partial charge in [-0.05, 0) is 33.0 Å². The highest BCUT2D eigenvalue weighted by molar-refractivity contribution is 9.10. The maximum absolute atomic E-state index is 11.5.